The molecule has 0 aliphatic rings. The molecule has 0 spiro atoms. The molecule has 0 fully saturated rings. The number of aldehydes is 1. The molecule has 20 heavy (non-hydrogen) atoms. The van der Waals surface area contributed by atoms with Crippen LogP contribution in [-0.4, -0.2) is 31.1 Å². The zero-order valence-electron chi connectivity index (χ0n) is 13.0. The summed E-state index contributed by atoms with van der Waals surface area (Å²) < 4.78 is 0. The Labute approximate surface area is 121 Å². The van der Waals surface area contributed by atoms with E-state index in [2.05, 4.69) is 31.4 Å². The number of hydrogen-bond acceptors (Lipinski definition) is 4. The molecule has 5 nitrogen and oxygen atoms in total. The number of carbonyl (C=O) groups is 2. The smallest absolute Gasteiger partial charge is 0.252 e. The maximum absolute atomic E-state index is 11.7. The second-order valence-corrected chi connectivity index (χ2v) is 5.60. The van der Waals surface area contributed by atoms with Crippen molar-refractivity contribution >= 4 is 18.0 Å². The van der Waals surface area contributed by atoms with Crippen molar-refractivity contribution in [3.63, 3.8) is 0 Å². The minimum absolute atomic E-state index is 0.0744. The molecule has 0 bridgehead atoms. The third-order valence-corrected chi connectivity index (χ3v) is 2.80. The van der Waals surface area contributed by atoms with Gasteiger partial charge in [-0.25, -0.2) is 0 Å². The Morgan fingerprint density at radius 1 is 1.30 bits per heavy atom. The first kappa shape index (κ1) is 18.5. The van der Waals surface area contributed by atoms with E-state index >= 15 is 0 Å². The molecule has 0 radical (unpaired) electrons. The lowest BCUT2D eigenvalue weighted by atomic mass is 9.99. The fourth-order valence-electron chi connectivity index (χ4n) is 2.06. The van der Waals surface area contributed by atoms with E-state index in [-0.39, 0.29) is 11.7 Å². The summed E-state index contributed by atoms with van der Waals surface area (Å²) in [5, 5.41) is 12.9. The molecule has 0 unspecified atom stereocenters. The number of nitrogens with one attached hydrogen (secondary N) is 3. The van der Waals surface area contributed by atoms with Crippen LogP contribution in [0.15, 0.2) is 11.6 Å². The van der Waals surface area contributed by atoms with Crippen molar-refractivity contribution < 1.29 is 9.59 Å². The Kier molecular flexibility index (Phi) is 9.55. The topological polar surface area (TPSA) is 82.1 Å². The fourth-order valence-corrected chi connectivity index (χ4v) is 2.06. The molecule has 0 aliphatic carbocycles. The Hall–Kier alpha value is -1.49. The molecule has 0 saturated heterocycles. The first-order valence-corrected chi connectivity index (χ1v) is 7.08. The van der Waals surface area contributed by atoms with Crippen molar-refractivity contribution in [1.82, 2.24) is 10.6 Å². The van der Waals surface area contributed by atoms with E-state index in [9.17, 15) is 9.59 Å². The monoisotopic (exact) mass is 281 g/mol. The van der Waals surface area contributed by atoms with E-state index in [0.717, 1.165) is 13.0 Å². The molecule has 0 aromatic rings. The van der Waals surface area contributed by atoms with Gasteiger partial charge >= 0.3 is 0 Å². The van der Waals surface area contributed by atoms with Gasteiger partial charge in [0.1, 0.15) is 6.29 Å². The van der Waals surface area contributed by atoms with Gasteiger partial charge in [0.2, 0.25) is 0 Å². The molecule has 114 valence electrons. The maximum atomic E-state index is 11.7. The van der Waals surface area contributed by atoms with E-state index in [1.54, 1.807) is 0 Å². The van der Waals surface area contributed by atoms with E-state index in [1.807, 2.05) is 0 Å². The molecule has 0 aliphatic heterocycles. The molecule has 0 aromatic heterocycles. The van der Waals surface area contributed by atoms with Crippen LogP contribution < -0.4 is 10.6 Å². The van der Waals surface area contributed by atoms with Crippen LogP contribution in [-0.2, 0) is 9.59 Å². The number of amides is 1. The number of allylic oxidation sites excluding steroid dienone is 1. The quantitative estimate of drug-likeness (QED) is 0.198. The van der Waals surface area contributed by atoms with Gasteiger partial charge in [0.25, 0.3) is 5.91 Å². The van der Waals surface area contributed by atoms with Crippen molar-refractivity contribution in [2.75, 3.05) is 13.1 Å². The summed E-state index contributed by atoms with van der Waals surface area (Å²) in [5.41, 5.74) is 0.399. The summed E-state index contributed by atoms with van der Waals surface area (Å²) in [5.74, 6) is 0.969. The summed E-state index contributed by atoms with van der Waals surface area (Å²) in [6, 6.07) is 0. The molecule has 3 N–H and O–H groups in total. The van der Waals surface area contributed by atoms with Crippen molar-refractivity contribution in [3.05, 3.63) is 11.6 Å². The van der Waals surface area contributed by atoms with Crippen LogP contribution >= 0.6 is 0 Å². The molecule has 0 heterocycles. The predicted molar refractivity (Wildman–Crippen MR) is 81.8 cm³/mol. The van der Waals surface area contributed by atoms with Crippen LogP contribution in [0.25, 0.3) is 0 Å². The highest BCUT2D eigenvalue weighted by molar-refractivity contribution is 6.05. The third-order valence-electron chi connectivity index (χ3n) is 2.80. The van der Waals surface area contributed by atoms with Gasteiger partial charge in [0.05, 0.1) is 5.84 Å². The predicted octanol–water partition coefficient (Wildman–Crippen LogP) is 1.89. The second kappa shape index (κ2) is 10.3. The minimum Gasteiger partial charge on any atom is -0.316 e. The SMILES string of the molecule is CC(=N)NC(=O)/C(=C/C=O)CCNC[C@H](C)CC(C)C. The molecular weight excluding hydrogens is 254 g/mol. The number of carbonyl (C=O) groups excluding carboxylic acids is 2. The van der Waals surface area contributed by atoms with Gasteiger partial charge in [-0.2, -0.15) is 0 Å². The summed E-state index contributed by atoms with van der Waals surface area (Å²) in [6.45, 7) is 9.63. The van der Waals surface area contributed by atoms with Crippen LogP contribution in [0.2, 0.25) is 0 Å². The lowest BCUT2D eigenvalue weighted by molar-refractivity contribution is -0.116. The molecule has 0 saturated carbocycles. The third kappa shape index (κ3) is 9.44. The second-order valence-electron chi connectivity index (χ2n) is 5.60. The summed E-state index contributed by atoms with van der Waals surface area (Å²) in [6.07, 6.45) is 3.51. The largest absolute Gasteiger partial charge is 0.316 e. The van der Waals surface area contributed by atoms with E-state index in [4.69, 9.17) is 5.41 Å². The number of amidine groups is 1. The van der Waals surface area contributed by atoms with Gasteiger partial charge in [0.15, 0.2) is 0 Å². The lowest BCUT2D eigenvalue weighted by Crippen LogP contribution is -2.31. The molecule has 0 aromatic carbocycles. The highest BCUT2D eigenvalue weighted by Crippen LogP contribution is 2.09. The Morgan fingerprint density at radius 3 is 2.45 bits per heavy atom. The number of hydrogen-bond donors (Lipinski definition) is 3. The molecule has 0 rings (SSSR count). The van der Waals surface area contributed by atoms with Gasteiger partial charge in [-0.3, -0.25) is 15.0 Å². The summed E-state index contributed by atoms with van der Waals surface area (Å²) in [7, 11) is 0. The van der Waals surface area contributed by atoms with Gasteiger partial charge in [0, 0.05) is 5.57 Å². The van der Waals surface area contributed by atoms with Crippen LogP contribution in [0.4, 0.5) is 0 Å². The zero-order valence-corrected chi connectivity index (χ0v) is 13.0. The van der Waals surface area contributed by atoms with Gasteiger partial charge in [-0.1, -0.05) is 20.8 Å². The van der Waals surface area contributed by atoms with Crippen molar-refractivity contribution in [2.45, 2.75) is 40.5 Å². The number of rotatable bonds is 9. The van der Waals surface area contributed by atoms with Gasteiger partial charge < -0.3 is 10.6 Å². The van der Waals surface area contributed by atoms with Crippen molar-refractivity contribution in [2.24, 2.45) is 11.8 Å². The molecule has 5 heteroatoms. The lowest BCUT2D eigenvalue weighted by Gasteiger charge is -2.15. The van der Waals surface area contributed by atoms with Gasteiger partial charge in [-0.05, 0) is 50.8 Å². The van der Waals surface area contributed by atoms with Crippen molar-refractivity contribution in [1.29, 1.82) is 5.41 Å². The zero-order chi connectivity index (χ0) is 15.5. The maximum Gasteiger partial charge on any atom is 0.252 e. The average Bonchev–Trinajstić information content (AvgIpc) is 2.31. The average molecular weight is 281 g/mol. The normalized spacial score (nSPS) is 13.2. The highest BCUT2D eigenvalue weighted by Gasteiger charge is 2.10. The van der Waals surface area contributed by atoms with Gasteiger partial charge in [-0.15, -0.1) is 0 Å². The molecule has 1 atom stereocenters. The summed E-state index contributed by atoms with van der Waals surface area (Å²) >= 11 is 0. The first-order valence-electron chi connectivity index (χ1n) is 7.08. The van der Waals surface area contributed by atoms with Crippen LogP contribution in [0, 0.1) is 17.2 Å². The Morgan fingerprint density at radius 2 is 1.95 bits per heavy atom. The first-order chi connectivity index (χ1) is 9.36. The standard InChI is InChI=1S/C15H27N3O2/c1-11(2)9-12(3)10-17-7-5-14(6-8-19)15(20)18-13(4)16/h6,8,11-12,17H,5,7,9-10H2,1-4H3,(H2,16,18,20)/b14-6+/t12-/m1/s1. The highest BCUT2D eigenvalue weighted by atomic mass is 16.1. The van der Waals surface area contributed by atoms with Crippen LogP contribution in [0.5, 0.6) is 0 Å². The molecule has 1 amide bonds. The Bertz CT molecular complexity index is 362. The molecular formula is C15H27N3O2. The fraction of sp³-hybridized carbons (Fsp3) is 0.667. The van der Waals surface area contributed by atoms with E-state index in [1.165, 1.54) is 13.0 Å². The Balaban J connectivity index is 4.11. The van der Waals surface area contributed by atoms with Crippen LogP contribution in [0.1, 0.15) is 40.5 Å². The van der Waals surface area contributed by atoms with E-state index < -0.39 is 0 Å². The summed E-state index contributed by atoms with van der Waals surface area (Å²) in [4.78, 5) is 22.2. The minimum atomic E-state index is -0.373. The van der Waals surface area contributed by atoms with Crippen molar-refractivity contribution in [3.8, 4) is 0 Å². The van der Waals surface area contributed by atoms with Crippen LogP contribution in [0.3, 0.4) is 0 Å². The van der Waals surface area contributed by atoms with E-state index in [0.29, 0.717) is 36.7 Å².